The Morgan fingerprint density at radius 2 is 2.24 bits per heavy atom. The molecule has 0 amide bonds. The number of hydrogen-bond donors (Lipinski definition) is 1. The predicted molar refractivity (Wildman–Crippen MR) is 63.2 cm³/mol. The highest BCUT2D eigenvalue weighted by atomic mass is 16.3. The lowest BCUT2D eigenvalue weighted by molar-refractivity contribution is 0.438. The van der Waals surface area contributed by atoms with Crippen LogP contribution in [0.1, 0.15) is 11.8 Å². The lowest BCUT2D eigenvalue weighted by Gasteiger charge is -2.07. The van der Waals surface area contributed by atoms with Crippen molar-refractivity contribution >= 4 is 11.0 Å². The highest BCUT2D eigenvalue weighted by molar-refractivity contribution is 5.77. The van der Waals surface area contributed by atoms with E-state index in [-0.39, 0.29) is 6.04 Å². The van der Waals surface area contributed by atoms with Crippen LogP contribution in [0.3, 0.4) is 0 Å². The Hall–Kier alpha value is -2.14. The van der Waals surface area contributed by atoms with Gasteiger partial charge in [-0.15, -0.1) is 0 Å². The van der Waals surface area contributed by atoms with Crippen molar-refractivity contribution in [3.63, 3.8) is 0 Å². The van der Waals surface area contributed by atoms with Gasteiger partial charge >= 0.3 is 0 Å². The van der Waals surface area contributed by atoms with Crippen molar-refractivity contribution in [1.82, 2.24) is 14.8 Å². The van der Waals surface area contributed by atoms with E-state index in [4.69, 9.17) is 10.2 Å². The van der Waals surface area contributed by atoms with Crippen LogP contribution in [0, 0.1) is 0 Å². The van der Waals surface area contributed by atoms with Gasteiger partial charge < -0.3 is 10.2 Å². The Labute approximate surface area is 97.9 Å². The van der Waals surface area contributed by atoms with Gasteiger partial charge in [0.15, 0.2) is 0 Å². The fourth-order valence-corrected chi connectivity index (χ4v) is 1.80. The average Bonchev–Trinajstić information content (AvgIpc) is 2.96. The maximum Gasteiger partial charge on any atom is 0.137 e. The first-order chi connectivity index (χ1) is 8.33. The van der Waals surface area contributed by atoms with E-state index in [2.05, 4.69) is 10.1 Å². The molecule has 0 spiro atoms. The smallest absolute Gasteiger partial charge is 0.137 e. The zero-order valence-electron chi connectivity index (χ0n) is 9.15. The Bertz CT molecular complexity index is 581. The van der Waals surface area contributed by atoms with Gasteiger partial charge in [-0.2, -0.15) is 5.10 Å². The largest absolute Gasteiger partial charge is 0.459 e. The standard InChI is InChI=1S/C12H12N4O/c13-10(6-16-8-14-7-15-16)12-5-9-3-1-2-4-11(9)17-12/h1-5,7-8,10H,6,13H2. The van der Waals surface area contributed by atoms with Crippen molar-refractivity contribution in [3.05, 3.63) is 48.7 Å². The summed E-state index contributed by atoms with van der Waals surface area (Å²) in [6, 6.07) is 9.61. The SMILES string of the molecule is NC(Cn1cncn1)c1cc2ccccc2o1. The molecule has 5 nitrogen and oxygen atoms in total. The number of furan rings is 1. The predicted octanol–water partition coefficient (Wildman–Crippen LogP) is 1.72. The summed E-state index contributed by atoms with van der Waals surface area (Å²) < 4.78 is 7.38. The number of fused-ring (bicyclic) bond motifs is 1. The molecule has 2 N–H and O–H groups in total. The van der Waals surface area contributed by atoms with E-state index in [0.717, 1.165) is 16.7 Å². The molecule has 5 heteroatoms. The minimum atomic E-state index is -0.218. The number of nitrogens with two attached hydrogens (primary N) is 1. The molecule has 2 heterocycles. The third-order valence-corrected chi connectivity index (χ3v) is 2.66. The normalized spacial score (nSPS) is 13.0. The average molecular weight is 228 g/mol. The number of rotatable bonds is 3. The van der Waals surface area contributed by atoms with Gasteiger partial charge in [0.25, 0.3) is 0 Å². The molecule has 0 saturated heterocycles. The van der Waals surface area contributed by atoms with Crippen LogP contribution in [0.15, 0.2) is 47.4 Å². The zero-order valence-corrected chi connectivity index (χ0v) is 9.15. The van der Waals surface area contributed by atoms with E-state index in [9.17, 15) is 0 Å². The first-order valence-electron chi connectivity index (χ1n) is 5.39. The number of aromatic nitrogens is 3. The molecule has 0 aliphatic heterocycles. The summed E-state index contributed by atoms with van der Waals surface area (Å²) in [7, 11) is 0. The zero-order chi connectivity index (χ0) is 11.7. The van der Waals surface area contributed by atoms with Gasteiger partial charge in [-0.05, 0) is 12.1 Å². The monoisotopic (exact) mass is 228 g/mol. The summed E-state index contributed by atoms with van der Waals surface area (Å²) in [6.45, 7) is 0.555. The maximum atomic E-state index is 6.07. The first-order valence-corrected chi connectivity index (χ1v) is 5.39. The Morgan fingerprint density at radius 1 is 1.35 bits per heavy atom. The van der Waals surface area contributed by atoms with E-state index < -0.39 is 0 Å². The molecule has 1 aromatic carbocycles. The van der Waals surface area contributed by atoms with E-state index in [0.29, 0.717) is 6.54 Å². The van der Waals surface area contributed by atoms with Gasteiger partial charge in [0, 0.05) is 5.39 Å². The van der Waals surface area contributed by atoms with Gasteiger partial charge in [0.05, 0.1) is 12.6 Å². The van der Waals surface area contributed by atoms with E-state index in [1.165, 1.54) is 6.33 Å². The molecule has 0 aliphatic rings. The summed E-state index contributed by atoms with van der Waals surface area (Å²) in [4.78, 5) is 3.88. The Balaban J connectivity index is 1.88. The molecule has 3 aromatic rings. The van der Waals surface area contributed by atoms with E-state index in [1.807, 2.05) is 30.3 Å². The summed E-state index contributed by atoms with van der Waals surface area (Å²) in [5.74, 6) is 0.765. The molecule has 3 rings (SSSR count). The maximum absolute atomic E-state index is 6.07. The second-order valence-corrected chi connectivity index (χ2v) is 3.91. The second kappa shape index (κ2) is 4.03. The molecule has 17 heavy (non-hydrogen) atoms. The van der Waals surface area contributed by atoms with E-state index >= 15 is 0 Å². The molecule has 86 valence electrons. The van der Waals surface area contributed by atoms with Crippen molar-refractivity contribution in [2.75, 3.05) is 0 Å². The number of nitrogens with zero attached hydrogens (tertiary/aromatic N) is 3. The van der Waals surface area contributed by atoms with Crippen molar-refractivity contribution in [2.24, 2.45) is 5.73 Å². The van der Waals surface area contributed by atoms with Crippen molar-refractivity contribution < 1.29 is 4.42 Å². The van der Waals surface area contributed by atoms with Crippen LogP contribution in [0.2, 0.25) is 0 Å². The van der Waals surface area contributed by atoms with Crippen LogP contribution in [0.4, 0.5) is 0 Å². The number of benzene rings is 1. The molecule has 0 bridgehead atoms. The molecule has 0 aliphatic carbocycles. The molecule has 1 unspecified atom stereocenters. The molecule has 0 radical (unpaired) electrons. The molecule has 0 fully saturated rings. The third-order valence-electron chi connectivity index (χ3n) is 2.66. The van der Waals surface area contributed by atoms with Crippen LogP contribution in [0.5, 0.6) is 0 Å². The topological polar surface area (TPSA) is 69.9 Å². The lowest BCUT2D eigenvalue weighted by Crippen LogP contribution is -2.17. The first kappa shape index (κ1) is 10.0. The van der Waals surface area contributed by atoms with Crippen molar-refractivity contribution in [1.29, 1.82) is 0 Å². The van der Waals surface area contributed by atoms with Gasteiger partial charge in [-0.25, -0.2) is 4.98 Å². The summed E-state index contributed by atoms with van der Waals surface area (Å²) in [5, 5.41) is 5.09. The minimum Gasteiger partial charge on any atom is -0.459 e. The highest BCUT2D eigenvalue weighted by Crippen LogP contribution is 2.23. The van der Waals surface area contributed by atoms with Gasteiger partial charge in [-0.1, -0.05) is 18.2 Å². The van der Waals surface area contributed by atoms with Crippen LogP contribution in [-0.4, -0.2) is 14.8 Å². The number of hydrogen-bond acceptors (Lipinski definition) is 4. The minimum absolute atomic E-state index is 0.218. The fraction of sp³-hybridized carbons (Fsp3) is 0.167. The van der Waals surface area contributed by atoms with Crippen LogP contribution in [-0.2, 0) is 6.54 Å². The summed E-state index contributed by atoms with van der Waals surface area (Å²) in [5.41, 5.74) is 6.93. The summed E-state index contributed by atoms with van der Waals surface area (Å²) >= 11 is 0. The van der Waals surface area contributed by atoms with Crippen molar-refractivity contribution in [3.8, 4) is 0 Å². The molecule has 1 atom stereocenters. The van der Waals surface area contributed by atoms with Crippen LogP contribution in [0.25, 0.3) is 11.0 Å². The number of para-hydroxylation sites is 1. The van der Waals surface area contributed by atoms with Crippen LogP contribution < -0.4 is 5.73 Å². The molecule has 0 saturated carbocycles. The molecule has 2 aromatic heterocycles. The summed E-state index contributed by atoms with van der Waals surface area (Å²) in [6.07, 6.45) is 3.13. The van der Waals surface area contributed by atoms with Gasteiger partial charge in [-0.3, -0.25) is 4.68 Å². The van der Waals surface area contributed by atoms with Gasteiger partial charge in [0.2, 0.25) is 0 Å². The lowest BCUT2D eigenvalue weighted by atomic mass is 10.2. The molecular formula is C12H12N4O. The second-order valence-electron chi connectivity index (χ2n) is 3.91. The molecular weight excluding hydrogens is 216 g/mol. The van der Waals surface area contributed by atoms with Gasteiger partial charge in [0.1, 0.15) is 24.0 Å². The van der Waals surface area contributed by atoms with Crippen molar-refractivity contribution in [2.45, 2.75) is 12.6 Å². The Morgan fingerprint density at radius 3 is 3.00 bits per heavy atom. The highest BCUT2D eigenvalue weighted by Gasteiger charge is 2.12. The quantitative estimate of drug-likeness (QED) is 0.741. The van der Waals surface area contributed by atoms with E-state index in [1.54, 1.807) is 11.0 Å². The third kappa shape index (κ3) is 1.92. The Kier molecular flexibility index (Phi) is 2.38. The fourth-order valence-electron chi connectivity index (χ4n) is 1.80. The van der Waals surface area contributed by atoms with Crippen LogP contribution >= 0.6 is 0 Å².